The topological polar surface area (TPSA) is 47.6 Å². The van der Waals surface area contributed by atoms with E-state index in [9.17, 15) is 4.79 Å². The van der Waals surface area contributed by atoms with Crippen LogP contribution in [0.4, 0.5) is 4.79 Å². The fourth-order valence-electron chi connectivity index (χ4n) is 3.02. The van der Waals surface area contributed by atoms with Crippen LogP contribution in [0.1, 0.15) is 39.0 Å². The first kappa shape index (κ1) is 15.6. The van der Waals surface area contributed by atoms with E-state index < -0.39 is 0 Å². The minimum absolute atomic E-state index is 0.0253. The van der Waals surface area contributed by atoms with Gasteiger partial charge in [-0.25, -0.2) is 4.79 Å². The fraction of sp³-hybridized carbons (Fsp3) is 0.933. The van der Waals surface area contributed by atoms with Gasteiger partial charge in [0.05, 0.1) is 0 Å². The van der Waals surface area contributed by atoms with Crippen LogP contribution >= 0.6 is 0 Å². The van der Waals surface area contributed by atoms with Gasteiger partial charge in [0, 0.05) is 24.7 Å². The minimum atomic E-state index is -0.0253. The number of carbonyl (C=O) groups excluding carboxylic acids is 1. The summed E-state index contributed by atoms with van der Waals surface area (Å²) in [5, 5.41) is 6.08. The molecule has 0 aromatic rings. The first-order valence-electron chi connectivity index (χ1n) is 7.96. The van der Waals surface area contributed by atoms with Crippen LogP contribution in [-0.4, -0.2) is 67.7 Å². The van der Waals surface area contributed by atoms with Crippen LogP contribution in [0.2, 0.25) is 0 Å². The second kappa shape index (κ2) is 6.76. The molecule has 20 heavy (non-hydrogen) atoms. The monoisotopic (exact) mass is 282 g/mol. The minimum Gasteiger partial charge on any atom is -0.336 e. The summed E-state index contributed by atoms with van der Waals surface area (Å²) in [7, 11) is 4.18. The van der Waals surface area contributed by atoms with Crippen molar-refractivity contribution in [1.29, 1.82) is 0 Å². The first-order valence-corrected chi connectivity index (χ1v) is 7.96. The van der Waals surface area contributed by atoms with Gasteiger partial charge < -0.3 is 20.4 Å². The summed E-state index contributed by atoms with van der Waals surface area (Å²) in [6, 6.07) is 0.185. The molecule has 0 radical (unpaired) electrons. The summed E-state index contributed by atoms with van der Waals surface area (Å²) in [6.45, 7) is 6.16. The number of piperidine rings is 1. The molecule has 0 spiro atoms. The van der Waals surface area contributed by atoms with Gasteiger partial charge in [-0.15, -0.1) is 0 Å². The fourth-order valence-corrected chi connectivity index (χ4v) is 3.02. The molecule has 2 rings (SSSR count). The van der Waals surface area contributed by atoms with E-state index in [2.05, 4.69) is 41.5 Å². The number of amides is 2. The van der Waals surface area contributed by atoms with Gasteiger partial charge in [0.15, 0.2) is 0 Å². The van der Waals surface area contributed by atoms with Gasteiger partial charge in [0.25, 0.3) is 0 Å². The predicted molar refractivity (Wildman–Crippen MR) is 81.9 cm³/mol. The van der Waals surface area contributed by atoms with Crippen molar-refractivity contribution in [3.05, 3.63) is 0 Å². The van der Waals surface area contributed by atoms with Crippen LogP contribution in [0.25, 0.3) is 0 Å². The summed E-state index contributed by atoms with van der Waals surface area (Å²) in [5.74, 6) is 0. The third kappa shape index (κ3) is 4.35. The van der Waals surface area contributed by atoms with Crippen molar-refractivity contribution < 1.29 is 4.79 Å². The van der Waals surface area contributed by atoms with Crippen molar-refractivity contribution in [1.82, 2.24) is 20.4 Å². The summed E-state index contributed by atoms with van der Waals surface area (Å²) in [6.07, 6.45) is 6.31. The van der Waals surface area contributed by atoms with E-state index in [4.69, 9.17) is 0 Å². The highest BCUT2D eigenvalue weighted by molar-refractivity contribution is 5.74. The Bertz CT molecular complexity index is 322. The summed E-state index contributed by atoms with van der Waals surface area (Å²) < 4.78 is 0. The van der Waals surface area contributed by atoms with Crippen molar-refractivity contribution in [2.24, 2.45) is 0 Å². The smallest absolute Gasteiger partial charge is 0.315 e. The van der Waals surface area contributed by atoms with Crippen molar-refractivity contribution in [3.8, 4) is 0 Å². The zero-order valence-electron chi connectivity index (χ0n) is 13.2. The van der Waals surface area contributed by atoms with Crippen molar-refractivity contribution in [2.75, 3.05) is 40.3 Å². The Balaban J connectivity index is 1.63. The second-order valence-corrected chi connectivity index (χ2v) is 6.71. The lowest BCUT2D eigenvalue weighted by Crippen LogP contribution is -2.50. The highest BCUT2D eigenvalue weighted by Crippen LogP contribution is 2.39. The van der Waals surface area contributed by atoms with Crippen molar-refractivity contribution >= 4 is 6.03 Å². The third-order valence-corrected chi connectivity index (χ3v) is 4.71. The van der Waals surface area contributed by atoms with Gasteiger partial charge in [-0.3, -0.25) is 0 Å². The molecule has 1 aliphatic heterocycles. The van der Waals surface area contributed by atoms with Crippen LogP contribution in [0, 0.1) is 0 Å². The molecule has 0 aromatic heterocycles. The molecule has 116 valence electrons. The highest BCUT2D eigenvalue weighted by Gasteiger charge is 2.44. The molecule has 1 atom stereocenters. The second-order valence-electron chi connectivity index (χ2n) is 6.71. The van der Waals surface area contributed by atoms with Gasteiger partial charge >= 0.3 is 6.03 Å². The molecule has 2 amide bonds. The molecule has 1 aliphatic carbocycles. The predicted octanol–water partition coefficient (Wildman–Crippen LogP) is 1.25. The van der Waals surface area contributed by atoms with Crippen molar-refractivity contribution in [2.45, 2.75) is 50.6 Å². The number of nitrogens with zero attached hydrogens (tertiary/aromatic N) is 2. The molecule has 2 aliphatic rings. The third-order valence-electron chi connectivity index (χ3n) is 4.71. The molecule has 0 aromatic carbocycles. The Morgan fingerprint density at radius 1 is 1.25 bits per heavy atom. The largest absolute Gasteiger partial charge is 0.336 e. The molecule has 1 saturated heterocycles. The number of nitrogens with one attached hydrogen (secondary N) is 2. The van der Waals surface area contributed by atoms with E-state index in [1.54, 1.807) is 0 Å². The normalized spacial score (nSPS) is 23.4. The number of likely N-dealkylation sites (tertiary alicyclic amines) is 1. The lowest BCUT2D eigenvalue weighted by atomic mass is 10.1. The van der Waals surface area contributed by atoms with Crippen molar-refractivity contribution in [3.63, 3.8) is 0 Å². The molecular weight excluding hydrogens is 252 g/mol. The molecule has 2 N–H and O–H groups in total. The lowest BCUT2D eigenvalue weighted by molar-refractivity contribution is 0.200. The summed E-state index contributed by atoms with van der Waals surface area (Å²) in [4.78, 5) is 16.6. The Labute approximate surface area is 123 Å². The molecule has 5 nitrogen and oxygen atoms in total. The Hall–Kier alpha value is -0.810. The van der Waals surface area contributed by atoms with Gasteiger partial charge in [-0.05, 0) is 59.8 Å². The number of carbonyl (C=O) groups is 1. The Kier molecular flexibility index (Phi) is 5.27. The Morgan fingerprint density at radius 2 is 1.90 bits per heavy atom. The molecular formula is C15H30N4O. The summed E-state index contributed by atoms with van der Waals surface area (Å²) >= 11 is 0. The molecule has 2 fully saturated rings. The maximum Gasteiger partial charge on any atom is 0.315 e. The first-order chi connectivity index (χ1) is 9.52. The zero-order valence-corrected chi connectivity index (χ0v) is 13.2. The summed E-state index contributed by atoms with van der Waals surface area (Å²) in [5.41, 5.74) is 0.216. The van der Waals surface area contributed by atoms with E-state index in [-0.39, 0.29) is 17.6 Å². The van der Waals surface area contributed by atoms with Crippen LogP contribution in [-0.2, 0) is 0 Å². The molecule has 0 bridgehead atoms. The van der Waals surface area contributed by atoms with E-state index in [0.717, 1.165) is 13.1 Å². The molecule has 1 saturated carbocycles. The maximum atomic E-state index is 11.9. The van der Waals surface area contributed by atoms with Gasteiger partial charge in [-0.2, -0.15) is 0 Å². The SMILES string of the molecule is CC(CN1CCCCC1)NC(=O)NCC1(N(C)C)CC1. The van der Waals surface area contributed by atoms with E-state index in [1.807, 2.05) is 0 Å². The van der Waals surface area contributed by atoms with Gasteiger partial charge in [0.1, 0.15) is 0 Å². The number of rotatable bonds is 6. The van der Waals surface area contributed by atoms with E-state index >= 15 is 0 Å². The molecule has 1 heterocycles. The molecule has 1 unspecified atom stereocenters. The van der Waals surface area contributed by atoms with Gasteiger partial charge in [-0.1, -0.05) is 6.42 Å². The number of likely N-dealkylation sites (N-methyl/N-ethyl adjacent to an activating group) is 1. The maximum absolute atomic E-state index is 11.9. The van der Waals surface area contributed by atoms with E-state index in [1.165, 1.54) is 45.2 Å². The van der Waals surface area contributed by atoms with Crippen LogP contribution in [0.3, 0.4) is 0 Å². The average Bonchev–Trinajstić information content (AvgIpc) is 3.18. The van der Waals surface area contributed by atoms with Crippen LogP contribution in [0.5, 0.6) is 0 Å². The van der Waals surface area contributed by atoms with Gasteiger partial charge in [0.2, 0.25) is 0 Å². The number of hydrogen-bond donors (Lipinski definition) is 2. The number of urea groups is 1. The quantitative estimate of drug-likeness (QED) is 0.771. The average molecular weight is 282 g/mol. The zero-order chi connectivity index (χ0) is 14.6. The Morgan fingerprint density at radius 3 is 2.45 bits per heavy atom. The number of hydrogen-bond acceptors (Lipinski definition) is 3. The standard InChI is InChI=1S/C15H30N4O/c1-13(11-19-9-5-4-6-10-19)17-14(20)16-12-15(7-8-15)18(2)3/h13H,4-12H2,1-3H3,(H2,16,17,20). The van der Waals surface area contributed by atoms with Crippen LogP contribution in [0.15, 0.2) is 0 Å². The highest BCUT2D eigenvalue weighted by atomic mass is 16.2. The van der Waals surface area contributed by atoms with E-state index in [0.29, 0.717) is 0 Å². The lowest BCUT2D eigenvalue weighted by Gasteiger charge is -2.29. The van der Waals surface area contributed by atoms with Crippen LogP contribution < -0.4 is 10.6 Å². The molecule has 5 heteroatoms.